The second kappa shape index (κ2) is 7.23. The van der Waals surface area contributed by atoms with Crippen molar-refractivity contribution in [1.82, 2.24) is 0 Å². The number of halogens is 1. The Hall–Kier alpha value is -0.0631. The zero-order valence-corrected chi connectivity index (χ0v) is 17.4. The topological polar surface area (TPSA) is 30.8 Å². The Morgan fingerprint density at radius 2 is 1.64 bits per heavy atom. The average Bonchev–Trinajstić information content (AvgIpc) is 2.88. The zero-order chi connectivity index (χ0) is 17.2. The summed E-state index contributed by atoms with van der Waals surface area (Å²) in [4.78, 5) is 4.88. The van der Waals surface area contributed by atoms with Gasteiger partial charge in [-0.1, -0.05) is 20.8 Å². The Bertz CT molecular complexity index is 397. The predicted molar refractivity (Wildman–Crippen MR) is 98.6 cm³/mol. The van der Waals surface area contributed by atoms with E-state index in [4.69, 9.17) is 25.8 Å². The fourth-order valence-corrected chi connectivity index (χ4v) is 6.48. The summed E-state index contributed by atoms with van der Waals surface area (Å²) in [5.74, 6) is 1.28. The molecule has 0 aromatic rings. The lowest BCUT2D eigenvalue weighted by Crippen LogP contribution is -2.51. The lowest BCUT2D eigenvalue weighted by molar-refractivity contribution is 0.0325. The highest BCUT2D eigenvalue weighted by atomic mass is 35.5. The van der Waals surface area contributed by atoms with E-state index in [9.17, 15) is 0 Å². The van der Waals surface area contributed by atoms with Crippen LogP contribution in [0, 0.1) is 5.41 Å². The molecular weight excluding hydrogens is 314 g/mol. The molecule has 0 radical (unpaired) electrons. The van der Waals surface area contributed by atoms with E-state index in [0.29, 0.717) is 5.88 Å². The van der Waals surface area contributed by atoms with Crippen LogP contribution in [-0.4, -0.2) is 37.8 Å². The van der Waals surface area contributed by atoms with Gasteiger partial charge < -0.3 is 9.16 Å². The Morgan fingerprint density at radius 1 is 1.14 bits per heavy atom. The van der Waals surface area contributed by atoms with Crippen molar-refractivity contribution in [3.05, 3.63) is 0 Å². The van der Waals surface area contributed by atoms with Gasteiger partial charge in [0.25, 0.3) is 0 Å². The average molecular weight is 348 g/mol. The van der Waals surface area contributed by atoms with E-state index < -0.39 is 8.32 Å². The van der Waals surface area contributed by atoms with Gasteiger partial charge in [0.2, 0.25) is 0 Å². The van der Waals surface area contributed by atoms with Gasteiger partial charge in [0.1, 0.15) is 12.1 Å². The van der Waals surface area contributed by atoms with Crippen LogP contribution >= 0.6 is 11.6 Å². The maximum atomic E-state index is 6.74. The quantitative estimate of drug-likeness (QED) is 0.444. The second-order valence-corrected chi connectivity index (χ2v) is 12.6. The van der Waals surface area contributed by atoms with Crippen LogP contribution in [-0.2, 0) is 9.16 Å². The first-order valence-corrected chi connectivity index (χ1v) is 11.6. The minimum Gasteiger partial charge on any atom is -0.475 e. The highest BCUT2D eigenvalue weighted by molar-refractivity contribution is 6.73. The van der Waals surface area contributed by atoms with Crippen molar-refractivity contribution < 1.29 is 9.16 Å². The zero-order valence-electron chi connectivity index (χ0n) is 15.6. The predicted octanol–water partition coefficient (Wildman–Crippen LogP) is 5.24. The van der Waals surface area contributed by atoms with E-state index in [1.54, 1.807) is 0 Å². The maximum Gasteiger partial charge on any atom is 0.192 e. The molecule has 0 saturated heterocycles. The van der Waals surface area contributed by atoms with Crippen molar-refractivity contribution in [2.75, 3.05) is 5.88 Å². The van der Waals surface area contributed by atoms with Crippen LogP contribution in [0.5, 0.6) is 0 Å². The van der Waals surface area contributed by atoms with E-state index in [-0.39, 0.29) is 23.2 Å². The Morgan fingerprint density at radius 3 is 2.05 bits per heavy atom. The van der Waals surface area contributed by atoms with Crippen LogP contribution in [0.4, 0.5) is 0 Å². The number of aliphatic imine (C=N–C) groups is 1. The fraction of sp³-hybridized carbons (Fsp3) is 0.941. The molecule has 1 aliphatic rings. The van der Waals surface area contributed by atoms with E-state index in [1.807, 2.05) is 0 Å². The van der Waals surface area contributed by atoms with Crippen molar-refractivity contribution in [1.29, 1.82) is 0 Å². The van der Waals surface area contributed by atoms with Crippen LogP contribution in [0.25, 0.3) is 0 Å². The van der Waals surface area contributed by atoms with E-state index >= 15 is 0 Å². The van der Waals surface area contributed by atoms with Gasteiger partial charge >= 0.3 is 0 Å². The van der Waals surface area contributed by atoms with E-state index in [2.05, 4.69) is 55.4 Å². The molecule has 3 nitrogen and oxygen atoms in total. The monoisotopic (exact) mass is 347 g/mol. The first-order chi connectivity index (χ1) is 10.1. The first-order valence-electron chi connectivity index (χ1n) is 8.58. The summed E-state index contributed by atoms with van der Waals surface area (Å²) in [5.41, 5.74) is -0.534. The molecule has 0 N–H and O–H groups in total. The SMILES string of the molecule is CC[Si](CC)(CC)OC(C)(C)[C@H]1N=C(C(C)(C)CCl)O[C@H]1C. The van der Waals surface area contributed by atoms with E-state index in [0.717, 1.165) is 24.0 Å². The summed E-state index contributed by atoms with van der Waals surface area (Å²) in [6, 6.07) is 3.47. The molecule has 2 atom stereocenters. The van der Waals surface area contributed by atoms with Crippen molar-refractivity contribution in [2.45, 2.75) is 91.3 Å². The van der Waals surface area contributed by atoms with Gasteiger partial charge in [0.05, 0.1) is 11.0 Å². The summed E-state index contributed by atoms with van der Waals surface area (Å²) in [6.07, 6.45) is 0.0322. The molecule has 5 heteroatoms. The number of nitrogens with zero attached hydrogens (tertiary/aromatic N) is 1. The number of alkyl halides is 1. The fourth-order valence-electron chi connectivity index (χ4n) is 3.20. The third kappa shape index (κ3) is 4.07. The maximum absolute atomic E-state index is 6.74. The van der Waals surface area contributed by atoms with Crippen molar-refractivity contribution in [3.63, 3.8) is 0 Å². The smallest absolute Gasteiger partial charge is 0.192 e. The molecule has 0 amide bonds. The van der Waals surface area contributed by atoms with Gasteiger partial charge in [-0.15, -0.1) is 11.6 Å². The minimum atomic E-state index is -1.68. The summed E-state index contributed by atoms with van der Waals surface area (Å²) in [5, 5.41) is 0. The molecule has 1 rings (SSSR count). The standard InChI is InChI=1S/C17H34ClNO2Si/c1-9-22(10-2,11-3)21-17(7,8)14-13(4)20-15(19-14)16(5,6)12-18/h13-14H,9-12H2,1-8H3/t13-,14-/m0/s1. The third-order valence-corrected chi connectivity index (χ3v) is 10.5. The number of rotatable bonds is 8. The van der Waals surface area contributed by atoms with Gasteiger partial charge in [-0.05, 0) is 52.8 Å². The largest absolute Gasteiger partial charge is 0.475 e. The molecule has 0 spiro atoms. The summed E-state index contributed by atoms with van der Waals surface area (Å²) in [6.45, 7) is 17.3. The molecule has 1 heterocycles. The van der Waals surface area contributed by atoms with Crippen molar-refractivity contribution >= 4 is 25.8 Å². The van der Waals surface area contributed by atoms with Crippen LogP contribution in [0.2, 0.25) is 18.1 Å². The van der Waals surface area contributed by atoms with Gasteiger partial charge in [-0.25, -0.2) is 4.99 Å². The van der Waals surface area contributed by atoms with Gasteiger partial charge in [-0.2, -0.15) is 0 Å². The normalized spacial score (nSPS) is 23.4. The molecule has 22 heavy (non-hydrogen) atoms. The van der Waals surface area contributed by atoms with E-state index in [1.165, 1.54) is 0 Å². The van der Waals surface area contributed by atoms with Crippen LogP contribution in [0.3, 0.4) is 0 Å². The summed E-state index contributed by atoms with van der Waals surface area (Å²) in [7, 11) is -1.68. The molecule has 0 bridgehead atoms. The molecule has 0 aliphatic carbocycles. The third-order valence-electron chi connectivity index (χ3n) is 5.04. The van der Waals surface area contributed by atoms with Crippen LogP contribution in [0.1, 0.15) is 55.4 Å². The lowest BCUT2D eigenvalue weighted by atomic mass is 9.95. The Labute approximate surface area is 143 Å². The van der Waals surface area contributed by atoms with Gasteiger partial charge in [0, 0.05) is 5.88 Å². The Kier molecular flexibility index (Phi) is 6.56. The van der Waals surface area contributed by atoms with Gasteiger partial charge in [-0.3, -0.25) is 0 Å². The molecule has 0 aromatic carbocycles. The number of hydrogen-bond donors (Lipinski definition) is 0. The molecule has 0 aromatic heterocycles. The number of ether oxygens (including phenoxy) is 1. The molecule has 0 fully saturated rings. The summed E-state index contributed by atoms with van der Waals surface area (Å²) >= 11 is 6.07. The molecule has 130 valence electrons. The molecule has 1 aliphatic heterocycles. The number of hydrogen-bond acceptors (Lipinski definition) is 3. The molecular formula is C17H34ClNO2Si. The van der Waals surface area contributed by atoms with Crippen molar-refractivity contribution in [3.8, 4) is 0 Å². The summed E-state index contributed by atoms with van der Waals surface area (Å²) < 4.78 is 12.8. The van der Waals surface area contributed by atoms with Crippen LogP contribution in [0.15, 0.2) is 4.99 Å². The minimum absolute atomic E-state index is 0.0292. The second-order valence-electron chi connectivity index (χ2n) is 7.67. The highest BCUT2D eigenvalue weighted by Crippen LogP contribution is 2.36. The first kappa shape index (κ1) is 20.0. The lowest BCUT2D eigenvalue weighted by Gasteiger charge is -2.41. The highest BCUT2D eigenvalue weighted by Gasteiger charge is 2.47. The molecule has 0 unspecified atom stereocenters. The van der Waals surface area contributed by atoms with Crippen LogP contribution < -0.4 is 0 Å². The van der Waals surface area contributed by atoms with Crippen molar-refractivity contribution in [2.24, 2.45) is 10.4 Å². The van der Waals surface area contributed by atoms with Gasteiger partial charge in [0.15, 0.2) is 14.2 Å². The molecule has 0 saturated carbocycles. The Balaban J connectivity index is 3.02.